The summed E-state index contributed by atoms with van der Waals surface area (Å²) in [7, 11) is -3.35. The molecule has 2 aromatic carbocycles. The van der Waals surface area contributed by atoms with E-state index in [1.165, 1.54) is 16.4 Å². The zero-order valence-corrected chi connectivity index (χ0v) is 17.6. The van der Waals surface area contributed by atoms with Crippen molar-refractivity contribution >= 4 is 44.3 Å². The van der Waals surface area contributed by atoms with Crippen LogP contribution >= 0.6 is 11.6 Å². The molecule has 1 saturated heterocycles. The fourth-order valence-electron chi connectivity index (χ4n) is 3.41. The van der Waals surface area contributed by atoms with Crippen LogP contribution in [0, 0.1) is 6.92 Å². The summed E-state index contributed by atoms with van der Waals surface area (Å²) in [5.41, 5.74) is 1.67. The van der Waals surface area contributed by atoms with Gasteiger partial charge < -0.3 is 9.15 Å². The third-order valence-electron chi connectivity index (χ3n) is 4.94. The summed E-state index contributed by atoms with van der Waals surface area (Å²) in [6, 6.07) is 10.9. The van der Waals surface area contributed by atoms with Crippen LogP contribution in [-0.4, -0.2) is 26.7 Å². The molecule has 1 aromatic heterocycles. The molecule has 0 atom stereocenters. The van der Waals surface area contributed by atoms with Gasteiger partial charge in [0.2, 0.25) is 10.0 Å². The van der Waals surface area contributed by atoms with Crippen LogP contribution in [0.25, 0.3) is 11.0 Å². The van der Waals surface area contributed by atoms with Gasteiger partial charge in [-0.1, -0.05) is 17.7 Å². The number of halogens is 1. The number of carbonyl (C=O) groups excluding carboxylic acids is 1. The lowest BCUT2D eigenvalue weighted by Gasteiger charge is -2.17. The van der Waals surface area contributed by atoms with Crippen molar-refractivity contribution in [2.45, 2.75) is 20.0 Å². The number of carbonyl (C=O) groups is 1. The Hall–Kier alpha value is -2.84. The molecule has 0 radical (unpaired) electrons. The van der Waals surface area contributed by atoms with Crippen molar-refractivity contribution in [3.05, 3.63) is 74.6 Å². The minimum Gasteiger partial charge on any atom is -0.457 e. The number of nitrogens with zero attached hydrogens (tertiary/aromatic N) is 1. The van der Waals surface area contributed by atoms with Gasteiger partial charge in [0.15, 0.2) is 0 Å². The van der Waals surface area contributed by atoms with E-state index < -0.39 is 21.6 Å². The Morgan fingerprint density at radius 3 is 2.77 bits per heavy atom. The molecule has 156 valence electrons. The molecule has 0 bridgehead atoms. The van der Waals surface area contributed by atoms with Gasteiger partial charge in [-0.2, -0.15) is 0 Å². The molecule has 0 N–H and O–H groups in total. The molecular weight excluding hydrogens is 430 g/mol. The predicted molar refractivity (Wildman–Crippen MR) is 114 cm³/mol. The van der Waals surface area contributed by atoms with Crippen molar-refractivity contribution in [3.63, 3.8) is 0 Å². The van der Waals surface area contributed by atoms with Crippen LogP contribution in [0.15, 0.2) is 51.7 Å². The molecule has 1 fully saturated rings. The summed E-state index contributed by atoms with van der Waals surface area (Å²) < 4.78 is 36.1. The molecule has 0 saturated carbocycles. The molecule has 0 unspecified atom stereocenters. The number of aryl methyl sites for hydroxylation is 1. The average molecular weight is 448 g/mol. The number of ether oxygens (including phenoxy) is 1. The van der Waals surface area contributed by atoms with Crippen molar-refractivity contribution in [1.29, 1.82) is 0 Å². The van der Waals surface area contributed by atoms with E-state index in [-0.39, 0.29) is 17.9 Å². The van der Waals surface area contributed by atoms with Crippen molar-refractivity contribution in [2.75, 3.05) is 16.6 Å². The summed E-state index contributed by atoms with van der Waals surface area (Å²) in [6.07, 6.45) is 0.544. The molecule has 1 aliphatic rings. The third kappa shape index (κ3) is 3.93. The lowest BCUT2D eigenvalue weighted by Crippen LogP contribution is -2.25. The first-order chi connectivity index (χ1) is 14.2. The Labute approximate surface area is 177 Å². The Bertz CT molecular complexity index is 1310. The lowest BCUT2D eigenvalue weighted by molar-refractivity contribution is 0.0474. The first-order valence-electron chi connectivity index (χ1n) is 9.25. The monoisotopic (exact) mass is 447 g/mol. The van der Waals surface area contributed by atoms with Crippen LogP contribution in [0.4, 0.5) is 5.69 Å². The van der Waals surface area contributed by atoms with E-state index >= 15 is 0 Å². The number of esters is 1. The first kappa shape index (κ1) is 20.4. The van der Waals surface area contributed by atoms with Gasteiger partial charge in [0.25, 0.3) is 0 Å². The third-order valence-corrected chi connectivity index (χ3v) is 7.21. The Balaban J connectivity index is 1.58. The molecule has 4 rings (SSSR count). The number of fused-ring (bicyclic) bond motifs is 1. The van der Waals surface area contributed by atoms with Crippen LogP contribution in [-0.2, 0) is 21.4 Å². The number of rotatable bonds is 4. The van der Waals surface area contributed by atoms with Gasteiger partial charge in [0, 0.05) is 28.6 Å². The first-order valence-corrected chi connectivity index (χ1v) is 11.2. The zero-order valence-electron chi connectivity index (χ0n) is 16.1. The van der Waals surface area contributed by atoms with E-state index in [0.717, 1.165) is 5.56 Å². The average Bonchev–Trinajstić information content (AvgIpc) is 3.06. The zero-order chi connectivity index (χ0) is 21.5. The SMILES string of the molecule is Cc1cc2oc(=O)cc(COC(=O)c3cccc(N4CCCS4(=O)=O)c3)c2cc1Cl. The van der Waals surface area contributed by atoms with Crippen LogP contribution in [0.2, 0.25) is 5.02 Å². The maximum atomic E-state index is 12.6. The number of hydrogen-bond donors (Lipinski definition) is 0. The van der Waals surface area contributed by atoms with Gasteiger partial charge in [-0.05, 0) is 49.2 Å². The highest BCUT2D eigenvalue weighted by atomic mass is 35.5. The van der Waals surface area contributed by atoms with E-state index in [1.807, 2.05) is 0 Å². The van der Waals surface area contributed by atoms with E-state index in [2.05, 4.69) is 0 Å². The minimum absolute atomic E-state index is 0.0906. The van der Waals surface area contributed by atoms with E-state index in [0.29, 0.717) is 40.2 Å². The maximum Gasteiger partial charge on any atom is 0.338 e. The van der Waals surface area contributed by atoms with Crippen molar-refractivity contribution in [1.82, 2.24) is 0 Å². The lowest BCUT2D eigenvalue weighted by atomic mass is 10.1. The highest BCUT2D eigenvalue weighted by Crippen LogP contribution is 2.27. The van der Waals surface area contributed by atoms with Crippen LogP contribution in [0.3, 0.4) is 0 Å². The molecule has 3 aromatic rings. The Kier molecular flexibility index (Phi) is 5.29. The van der Waals surface area contributed by atoms with Crippen molar-refractivity contribution in [3.8, 4) is 0 Å². The van der Waals surface area contributed by atoms with E-state index in [1.54, 1.807) is 37.3 Å². The highest BCUT2D eigenvalue weighted by Gasteiger charge is 2.28. The summed E-state index contributed by atoms with van der Waals surface area (Å²) in [5, 5.41) is 1.08. The Morgan fingerprint density at radius 1 is 1.23 bits per heavy atom. The molecule has 0 spiro atoms. The fourth-order valence-corrected chi connectivity index (χ4v) is 5.13. The van der Waals surface area contributed by atoms with Gasteiger partial charge >= 0.3 is 11.6 Å². The summed E-state index contributed by atoms with van der Waals surface area (Å²) >= 11 is 6.18. The second kappa shape index (κ2) is 7.77. The topological polar surface area (TPSA) is 93.9 Å². The van der Waals surface area contributed by atoms with Crippen molar-refractivity contribution < 1.29 is 22.4 Å². The second-order valence-electron chi connectivity index (χ2n) is 7.06. The number of benzene rings is 2. The predicted octanol–water partition coefficient (Wildman–Crippen LogP) is 3.65. The fraction of sp³-hybridized carbons (Fsp3) is 0.238. The highest BCUT2D eigenvalue weighted by molar-refractivity contribution is 7.93. The summed E-state index contributed by atoms with van der Waals surface area (Å²) in [4.78, 5) is 24.4. The molecule has 1 aliphatic heterocycles. The quantitative estimate of drug-likeness (QED) is 0.447. The maximum absolute atomic E-state index is 12.6. The van der Waals surface area contributed by atoms with Gasteiger partial charge in [-0.15, -0.1) is 0 Å². The molecule has 30 heavy (non-hydrogen) atoms. The number of anilines is 1. The number of hydrogen-bond acceptors (Lipinski definition) is 6. The van der Waals surface area contributed by atoms with Gasteiger partial charge in [0.05, 0.1) is 17.0 Å². The van der Waals surface area contributed by atoms with Gasteiger partial charge in [-0.3, -0.25) is 4.31 Å². The summed E-state index contributed by atoms with van der Waals surface area (Å²) in [6.45, 7) is 2.02. The normalized spacial score (nSPS) is 15.5. The number of sulfonamides is 1. The van der Waals surface area contributed by atoms with E-state index in [9.17, 15) is 18.0 Å². The summed E-state index contributed by atoms with van der Waals surface area (Å²) in [5.74, 6) is -0.541. The Morgan fingerprint density at radius 2 is 2.03 bits per heavy atom. The second-order valence-corrected chi connectivity index (χ2v) is 9.48. The van der Waals surface area contributed by atoms with Crippen LogP contribution in [0.1, 0.15) is 27.9 Å². The standard InChI is InChI=1S/C21H18ClNO6S/c1-13-8-19-17(11-18(13)22)15(10-20(24)29-19)12-28-21(25)14-4-2-5-16(9-14)23-6-3-7-30(23,26)27/h2,4-5,8-11H,3,6-7,12H2,1H3. The van der Waals surface area contributed by atoms with Crippen molar-refractivity contribution in [2.24, 2.45) is 0 Å². The molecular formula is C21H18ClNO6S. The van der Waals surface area contributed by atoms with E-state index in [4.69, 9.17) is 20.8 Å². The van der Waals surface area contributed by atoms with Crippen LogP contribution in [0.5, 0.6) is 0 Å². The largest absolute Gasteiger partial charge is 0.457 e. The molecule has 9 heteroatoms. The van der Waals surface area contributed by atoms with Crippen LogP contribution < -0.4 is 9.93 Å². The van der Waals surface area contributed by atoms with Gasteiger partial charge in [-0.25, -0.2) is 18.0 Å². The molecule has 0 amide bonds. The minimum atomic E-state index is -3.35. The molecule has 2 heterocycles. The molecule has 7 nitrogen and oxygen atoms in total. The molecule has 0 aliphatic carbocycles. The van der Waals surface area contributed by atoms with Gasteiger partial charge in [0.1, 0.15) is 12.2 Å². The smallest absolute Gasteiger partial charge is 0.338 e.